The molecule has 0 aromatic heterocycles. The van der Waals surface area contributed by atoms with E-state index in [9.17, 15) is 19.2 Å². The lowest BCUT2D eigenvalue weighted by molar-refractivity contribution is -0.136. The number of amides is 4. The maximum atomic E-state index is 13.2. The Hall–Kier alpha value is -2.62. The second-order valence-corrected chi connectivity index (χ2v) is 8.90. The van der Waals surface area contributed by atoms with Gasteiger partial charge in [-0.1, -0.05) is 12.1 Å². The Morgan fingerprint density at radius 2 is 1.74 bits per heavy atom. The number of piperidine rings is 1. The van der Waals surface area contributed by atoms with Crippen molar-refractivity contribution in [2.45, 2.75) is 25.4 Å². The highest BCUT2D eigenvalue weighted by Crippen LogP contribution is 2.31. The van der Waals surface area contributed by atoms with Crippen LogP contribution in [0.3, 0.4) is 0 Å². The summed E-state index contributed by atoms with van der Waals surface area (Å²) in [6, 6.07) is 4.41. The van der Waals surface area contributed by atoms with Crippen LogP contribution in [0, 0.1) is 5.92 Å². The van der Waals surface area contributed by atoms with Crippen molar-refractivity contribution in [2.24, 2.45) is 5.92 Å². The van der Waals surface area contributed by atoms with Crippen LogP contribution in [0.4, 0.5) is 0 Å². The van der Waals surface area contributed by atoms with Gasteiger partial charge >= 0.3 is 0 Å². The standard InChI is InChI=1S/C22H27N5O4/c28-18-5-4-17(20(29)24-18)27-21(30)16-3-1-2-15(19(16)22(27)31)13-26-11-14(12-26)10-25-8-6-23-7-9-25/h1-3,14,17,23H,4-13H2,(H,24,28,29). The third-order valence-electron chi connectivity index (χ3n) is 6.71. The van der Waals surface area contributed by atoms with Crippen LogP contribution in [-0.2, 0) is 16.1 Å². The number of carbonyl (C=O) groups is 4. The van der Waals surface area contributed by atoms with Crippen molar-refractivity contribution in [1.82, 2.24) is 25.3 Å². The van der Waals surface area contributed by atoms with E-state index in [2.05, 4.69) is 20.4 Å². The minimum absolute atomic E-state index is 0.124. The van der Waals surface area contributed by atoms with Crippen molar-refractivity contribution in [2.75, 3.05) is 45.8 Å². The second kappa shape index (κ2) is 8.14. The minimum Gasteiger partial charge on any atom is -0.314 e. The van der Waals surface area contributed by atoms with Gasteiger partial charge in [0.05, 0.1) is 11.1 Å². The summed E-state index contributed by atoms with van der Waals surface area (Å²) in [4.78, 5) is 55.7. The SMILES string of the molecule is O=C1CCC(N2C(=O)c3cccc(CN4CC(CN5CCNCC5)C4)c3C2=O)C(=O)N1. The van der Waals surface area contributed by atoms with Crippen molar-refractivity contribution in [1.29, 1.82) is 0 Å². The lowest BCUT2D eigenvalue weighted by atomic mass is 9.96. The Kier molecular flexibility index (Phi) is 5.33. The number of nitrogens with one attached hydrogen (secondary N) is 2. The highest BCUT2D eigenvalue weighted by atomic mass is 16.2. The zero-order valence-corrected chi connectivity index (χ0v) is 17.4. The van der Waals surface area contributed by atoms with Crippen molar-refractivity contribution >= 4 is 23.6 Å². The summed E-state index contributed by atoms with van der Waals surface area (Å²) >= 11 is 0. The Morgan fingerprint density at radius 1 is 0.968 bits per heavy atom. The van der Waals surface area contributed by atoms with E-state index in [1.54, 1.807) is 12.1 Å². The molecule has 4 aliphatic heterocycles. The average Bonchev–Trinajstić information content (AvgIpc) is 2.99. The zero-order chi connectivity index (χ0) is 21.5. The molecule has 0 saturated carbocycles. The van der Waals surface area contributed by atoms with Crippen molar-refractivity contribution < 1.29 is 19.2 Å². The van der Waals surface area contributed by atoms with Gasteiger partial charge in [-0.15, -0.1) is 0 Å². The monoisotopic (exact) mass is 425 g/mol. The van der Waals surface area contributed by atoms with Gasteiger partial charge in [0.25, 0.3) is 11.8 Å². The van der Waals surface area contributed by atoms with Crippen LogP contribution in [0.25, 0.3) is 0 Å². The van der Waals surface area contributed by atoms with E-state index in [1.165, 1.54) is 0 Å². The van der Waals surface area contributed by atoms with Gasteiger partial charge in [0, 0.05) is 58.8 Å². The first kappa shape index (κ1) is 20.3. The van der Waals surface area contributed by atoms with Crippen molar-refractivity contribution in [3.8, 4) is 0 Å². The van der Waals surface area contributed by atoms with Crippen molar-refractivity contribution in [3.05, 3.63) is 34.9 Å². The Morgan fingerprint density at radius 3 is 2.48 bits per heavy atom. The van der Waals surface area contributed by atoms with E-state index in [-0.39, 0.29) is 18.7 Å². The fourth-order valence-electron chi connectivity index (χ4n) is 5.14. The van der Waals surface area contributed by atoms with Crippen LogP contribution >= 0.6 is 0 Å². The lowest BCUT2D eigenvalue weighted by Gasteiger charge is -2.42. The molecule has 3 saturated heterocycles. The fraction of sp³-hybridized carbons (Fsp3) is 0.545. The van der Waals surface area contributed by atoms with Gasteiger partial charge in [0.2, 0.25) is 11.8 Å². The van der Waals surface area contributed by atoms with Crippen LogP contribution in [0.1, 0.15) is 39.1 Å². The van der Waals surface area contributed by atoms with E-state index in [4.69, 9.17) is 0 Å². The molecule has 2 N–H and O–H groups in total. The first-order valence-electron chi connectivity index (χ1n) is 11.0. The van der Waals surface area contributed by atoms with Gasteiger partial charge < -0.3 is 10.2 Å². The quantitative estimate of drug-likeness (QED) is 0.609. The molecule has 0 aliphatic carbocycles. The summed E-state index contributed by atoms with van der Waals surface area (Å²) in [6.45, 7) is 7.96. The van der Waals surface area contributed by atoms with Gasteiger partial charge in [0.1, 0.15) is 6.04 Å². The number of piperazine rings is 1. The number of imide groups is 2. The largest absolute Gasteiger partial charge is 0.314 e. The predicted molar refractivity (Wildman–Crippen MR) is 111 cm³/mol. The molecule has 31 heavy (non-hydrogen) atoms. The normalized spacial score (nSPS) is 25.5. The number of hydrogen-bond acceptors (Lipinski definition) is 7. The minimum atomic E-state index is -0.926. The molecule has 5 rings (SSSR count). The summed E-state index contributed by atoms with van der Waals surface area (Å²) in [7, 11) is 0. The molecule has 3 fully saturated rings. The topological polar surface area (TPSA) is 102 Å². The van der Waals surface area contributed by atoms with Crippen molar-refractivity contribution in [3.63, 3.8) is 0 Å². The predicted octanol–water partition coefficient (Wildman–Crippen LogP) is -0.575. The molecule has 0 bridgehead atoms. The zero-order valence-electron chi connectivity index (χ0n) is 17.4. The number of carbonyl (C=O) groups excluding carboxylic acids is 4. The van der Waals surface area contributed by atoms with E-state index >= 15 is 0 Å². The first-order chi connectivity index (χ1) is 15.0. The van der Waals surface area contributed by atoms with Crippen LogP contribution < -0.4 is 10.6 Å². The van der Waals surface area contributed by atoms with Gasteiger partial charge in [-0.3, -0.25) is 34.3 Å². The van der Waals surface area contributed by atoms with Gasteiger partial charge in [-0.25, -0.2) is 0 Å². The molecule has 9 heteroatoms. The Balaban J connectivity index is 1.26. The van der Waals surface area contributed by atoms with Gasteiger partial charge in [0.15, 0.2) is 0 Å². The summed E-state index contributed by atoms with van der Waals surface area (Å²) in [5.41, 5.74) is 1.58. The Bertz CT molecular complexity index is 936. The number of benzene rings is 1. The first-order valence-corrected chi connectivity index (χ1v) is 11.0. The summed E-state index contributed by atoms with van der Waals surface area (Å²) in [5, 5.41) is 5.61. The number of fused-ring (bicyclic) bond motifs is 1. The highest BCUT2D eigenvalue weighted by Gasteiger charge is 2.45. The smallest absolute Gasteiger partial charge is 0.262 e. The van der Waals surface area contributed by atoms with Crippen LogP contribution in [0.2, 0.25) is 0 Å². The van der Waals surface area contributed by atoms with Crippen LogP contribution in [0.5, 0.6) is 0 Å². The molecular weight excluding hydrogens is 398 g/mol. The molecule has 4 aliphatic rings. The van der Waals surface area contributed by atoms with Gasteiger partial charge in [-0.2, -0.15) is 0 Å². The third-order valence-corrected chi connectivity index (χ3v) is 6.71. The second-order valence-electron chi connectivity index (χ2n) is 8.90. The van der Waals surface area contributed by atoms with E-state index in [0.717, 1.165) is 56.3 Å². The highest BCUT2D eigenvalue weighted by molar-refractivity contribution is 6.24. The Labute approximate surface area is 180 Å². The summed E-state index contributed by atoms with van der Waals surface area (Å²) in [6.07, 6.45) is 0.296. The molecule has 9 nitrogen and oxygen atoms in total. The molecule has 4 heterocycles. The summed E-state index contributed by atoms with van der Waals surface area (Å²) < 4.78 is 0. The number of hydrogen-bond donors (Lipinski definition) is 2. The number of rotatable bonds is 5. The maximum absolute atomic E-state index is 13.2. The fourth-order valence-corrected chi connectivity index (χ4v) is 5.14. The van der Waals surface area contributed by atoms with E-state index in [0.29, 0.717) is 23.6 Å². The van der Waals surface area contributed by atoms with Crippen LogP contribution in [-0.4, -0.2) is 90.2 Å². The van der Waals surface area contributed by atoms with Gasteiger partial charge in [-0.05, 0) is 24.0 Å². The molecule has 164 valence electrons. The van der Waals surface area contributed by atoms with E-state index in [1.807, 2.05) is 6.07 Å². The molecule has 0 spiro atoms. The molecule has 1 unspecified atom stereocenters. The molecule has 0 radical (unpaired) electrons. The third kappa shape index (κ3) is 3.77. The number of likely N-dealkylation sites (tertiary alicyclic amines) is 1. The van der Waals surface area contributed by atoms with E-state index < -0.39 is 23.8 Å². The summed E-state index contributed by atoms with van der Waals surface area (Å²) in [5.74, 6) is -1.19. The molecular formula is C22H27N5O4. The average molecular weight is 425 g/mol. The molecule has 1 aromatic rings. The molecule has 1 aromatic carbocycles. The molecule has 1 atom stereocenters. The van der Waals surface area contributed by atoms with Crippen LogP contribution in [0.15, 0.2) is 18.2 Å². The lowest BCUT2D eigenvalue weighted by Crippen LogP contribution is -2.54. The number of nitrogens with zero attached hydrogens (tertiary/aromatic N) is 3. The maximum Gasteiger partial charge on any atom is 0.262 e. The molecule has 4 amide bonds.